The van der Waals surface area contributed by atoms with Gasteiger partial charge in [0.25, 0.3) is 5.56 Å². The highest BCUT2D eigenvalue weighted by Crippen LogP contribution is 2.22. The lowest BCUT2D eigenvalue weighted by Gasteiger charge is -1.94. The number of hydrogen-bond acceptors (Lipinski definition) is 5. The molecule has 7 heteroatoms. The lowest BCUT2D eigenvalue weighted by Crippen LogP contribution is -2.30. The molecule has 1 N–H and O–H groups in total. The van der Waals surface area contributed by atoms with Gasteiger partial charge in [0.1, 0.15) is 15.8 Å². The second-order valence-corrected chi connectivity index (χ2v) is 4.26. The van der Waals surface area contributed by atoms with Crippen LogP contribution >= 0.6 is 23.3 Å². The molecule has 5 nitrogen and oxygen atoms in total. The number of hydrogen-bond donors (Lipinski definition) is 1. The molecule has 1 aromatic rings. The molecular weight excluding hydrogens is 222 g/mol. The predicted octanol–water partition coefficient (Wildman–Crippen LogP) is 0.691. The summed E-state index contributed by atoms with van der Waals surface area (Å²) in [4.78, 5) is 22.6. The van der Waals surface area contributed by atoms with Crippen molar-refractivity contribution in [2.45, 2.75) is 4.21 Å². The summed E-state index contributed by atoms with van der Waals surface area (Å²) in [5.74, 6) is 0. The third kappa shape index (κ3) is 1.66. The Bertz CT molecular complexity index is 454. The van der Waals surface area contributed by atoms with Crippen LogP contribution in [0, 0.1) is 11.3 Å². The average molecular weight is 229 g/mol. The number of nitrogens with zero attached hydrogens (tertiary/aromatic N) is 2. The molecule has 0 aliphatic heterocycles. The Morgan fingerprint density at radius 3 is 2.71 bits per heavy atom. The molecule has 1 aromatic heterocycles. The van der Waals surface area contributed by atoms with E-state index < -0.39 is 11.6 Å². The Labute approximate surface area is 88.5 Å². The fourth-order valence-electron chi connectivity index (χ4n) is 0.827. The number of nitriles is 1. The summed E-state index contributed by atoms with van der Waals surface area (Å²) in [5.41, 5.74) is -0.521. The van der Waals surface area contributed by atoms with Gasteiger partial charge in [0.2, 0.25) is 0 Å². The minimum atomic E-state index is -0.554. The zero-order valence-electron chi connectivity index (χ0n) is 7.53. The summed E-state index contributed by atoms with van der Waals surface area (Å²) in [7, 11) is 1.43. The van der Waals surface area contributed by atoms with Gasteiger partial charge in [-0.1, -0.05) is 0 Å². The van der Waals surface area contributed by atoms with Gasteiger partial charge in [-0.2, -0.15) is 9.22 Å². The number of aromatic nitrogens is 1. The molecule has 0 saturated heterocycles. The molecule has 1 heterocycles. The van der Waals surface area contributed by atoms with E-state index in [9.17, 15) is 9.59 Å². The van der Waals surface area contributed by atoms with Gasteiger partial charge in [0.05, 0.1) is 0 Å². The van der Waals surface area contributed by atoms with Gasteiger partial charge in [-0.25, -0.2) is 4.79 Å². The zero-order chi connectivity index (χ0) is 10.7. The van der Waals surface area contributed by atoms with E-state index in [-0.39, 0.29) is 5.56 Å². The Morgan fingerprint density at radius 1 is 1.71 bits per heavy atom. The summed E-state index contributed by atoms with van der Waals surface area (Å²) in [6.45, 7) is 0. The molecule has 0 aromatic carbocycles. The molecule has 0 bridgehead atoms. The molecule has 0 fully saturated rings. The minimum absolute atomic E-state index is 0.0334. The van der Waals surface area contributed by atoms with Gasteiger partial charge < -0.3 is 5.32 Å². The molecule has 0 radical (unpaired) electrons. The van der Waals surface area contributed by atoms with Crippen molar-refractivity contribution in [1.29, 1.82) is 5.26 Å². The Kier molecular flexibility index (Phi) is 3.33. The van der Waals surface area contributed by atoms with Crippen molar-refractivity contribution < 1.29 is 4.79 Å². The van der Waals surface area contributed by atoms with Crippen LogP contribution in [-0.4, -0.2) is 23.3 Å². The van der Waals surface area contributed by atoms with E-state index in [0.717, 1.165) is 15.5 Å². The maximum absolute atomic E-state index is 11.5. The first-order chi connectivity index (χ1) is 6.65. The third-order valence-corrected chi connectivity index (χ3v) is 3.65. The zero-order valence-corrected chi connectivity index (χ0v) is 9.16. The van der Waals surface area contributed by atoms with Crippen LogP contribution in [0.4, 0.5) is 4.79 Å². The highest BCUT2D eigenvalue weighted by atomic mass is 32.2. The quantitative estimate of drug-likeness (QED) is 0.719. The standard InChI is InChI=1S/C7H7N3O2S2/c1-9-7(12)10-5(11)4(3-8)6(13-2)14-10/h1-2H3,(H,9,12). The first-order valence-corrected chi connectivity index (χ1v) is 5.58. The second kappa shape index (κ2) is 4.30. The Balaban J connectivity index is 3.37. The normalized spacial score (nSPS) is 9.50. The third-order valence-electron chi connectivity index (χ3n) is 1.47. The first-order valence-electron chi connectivity index (χ1n) is 3.58. The predicted molar refractivity (Wildman–Crippen MR) is 54.9 cm³/mol. The average Bonchev–Trinajstić information content (AvgIpc) is 2.53. The van der Waals surface area contributed by atoms with Crippen LogP contribution in [-0.2, 0) is 0 Å². The van der Waals surface area contributed by atoms with Gasteiger partial charge in [0.15, 0.2) is 0 Å². The highest BCUT2D eigenvalue weighted by molar-refractivity contribution is 8.00. The summed E-state index contributed by atoms with van der Waals surface area (Å²) < 4.78 is 1.49. The van der Waals surface area contributed by atoms with Crippen LogP contribution in [0.5, 0.6) is 0 Å². The number of carbonyl (C=O) groups is 1. The van der Waals surface area contributed by atoms with Crippen molar-refractivity contribution in [1.82, 2.24) is 9.27 Å². The molecule has 0 unspecified atom stereocenters. The fraction of sp³-hybridized carbons (Fsp3) is 0.286. The van der Waals surface area contributed by atoms with Crippen LogP contribution in [0.3, 0.4) is 0 Å². The van der Waals surface area contributed by atoms with Crippen molar-refractivity contribution in [2.75, 3.05) is 13.3 Å². The van der Waals surface area contributed by atoms with Gasteiger partial charge in [0, 0.05) is 7.05 Å². The van der Waals surface area contributed by atoms with Crippen LogP contribution in [0.2, 0.25) is 0 Å². The molecule has 1 rings (SSSR count). The topological polar surface area (TPSA) is 74.9 Å². The van der Waals surface area contributed by atoms with Crippen molar-refractivity contribution in [3.8, 4) is 6.07 Å². The Hall–Kier alpha value is -1.26. The van der Waals surface area contributed by atoms with Crippen molar-refractivity contribution >= 4 is 29.3 Å². The molecular formula is C7H7N3O2S2. The van der Waals surface area contributed by atoms with Gasteiger partial charge in [-0.3, -0.25) is 4.79 Å². The highest BCUT2D eigenvalue weighted by Gasteiger charge is 2.17. The fourth-order valence-corrected chi connectivity index (χ4v) is 2.42. The smallest absolute Gasteiger partial charge is 0.337 e. The van der Waals surface area contributed by atoms with Gasteiger partial charge in [-0.15, -0.1) is 11.8 Å². The lowest BCUT2D eigenvalue weighted by atomic mass is 10.4. The maximum atomic E-state index is 11.5. The van der Waals surface area contributed by atoms with Crippen LogP contribution in [0.1, 0.15) is 5.56 Å². The minimum Gasteiger partial charge on any atom is -0.340 e. The Morgan fingerprint density at radius 2 is 2.36 bits per heavy atom. The molecule has 0 aliphatic rings. The number of nitrogens with one attached hydrogen (secondary N) is 1. The number of thioether (sulfide) groups is 1. The van der Waals surface area contributed by atoms with Gasteiger partial charge >= 0.3 is 6.03 Å². The van der Waals surface area contributed by atoms with Crippen molar-refractivity contribution in [3.63, 3.8) is 0 Å². The van der Waals surface area contributed by atoms with E-state index in [1.807, 2.05) is 0 Å². The van der Waals surface area contributed by atoms with E-state index >= 15 is 0 Å². The van der Waals surface area contributed by atoms with E-state index in [4.69, 9.17) is 5.26 Å². The van der Waals surface area contributed by atoms with Crippen molar-refractivity contribution in [3.05, 3.63) is 15.9 Å². The molecule has 0 spiro atoms. The molecule has 0 aliphatic carbocycles. The maximum Gasteiger partial charge on any atom is 0.337 e. The molecule has 14 heavy (non-hydrogen) atoms. The van der Waals surface area contributed by atoms with Crippen molar-refractivity contribution in [2.24, 2.45) is 0 Å². The largest absolute Gasteiger partial charge is 0.340 e. The van der Waals surface area contributed by atoms with E-state index in [1.165, 1.54) is 18.8 Å². The van der Waals surface area contributed by atoms with Crippen LogP contribution < -0.4 is 10.9 Å². The van der Waals surface area contributed by atoms with Crippen LogP contribution in [0.15, 0.2) is 9.00 Å². The van der Waals surface area contributed by atoms with E-state index in [2.05, 4.69) is 5.32 Å². The van der Waals surface area contributed by atoms with Crippen LogP contribution in [0.25, 0.3) is 0 Å². The number of carbonyl (C=O) groups excluding carboxylic acids is 1. The number of rotatable bonds is 1. The van der Waals surface area contributed by atoms with E-state index in [0.29, 0.717) is 4.21 Å². The molecule has 0 atom stereocenters. The summed E-state index contributed by atoms with van der Waals surface area (Å²) in [6, 6.07) is 1.27. The summed E-state index contributed by atoms with van der Waals surface area (Å²) >= 11 is 2.25. The number of amides is 1. The molecule has 1 amide bonds. The van der Waals surface area contributed by atoms with E-state index in [1.54, 1.807) is 12.3 Å². The lowest BCUT2D eigenvalue weighted by molar-refractivity contribution is 0.246. The molecule has 0 saturated carbocycles. The van der Waals surface area contributed by atoms with Gasteiger partial charge in [-0.05, 0) is 17.8 Å². The monoisotopic (exact) mass is 229 g/mol. The first kappa shape index (κ1) is 10.8. The SMILES string of the molecule is CNC(=O)n1sc(SC)c(C#N)c1=O. The summed E-state index contributed by atoms with van der Waals surface area (Å²) in [6.07, 6.45) is 1.75. The molecule has 74 valence electrons. The summed E-state index contributed by atoms with van der Waals surface area (Å²) in [5, 5.41) is 11.0. The second-order valence-electron chi connectivity index (χ2n) is 2.22.